The number of nitrogens with one attached hydrogen (secondary N) is 1. The average Bonchev–Trinajstić information content (AvgIpc) is 2.92. The number of benzene rings is 1. The van der Waals surface area contributed by atoms with Gasteiger partial charge in [0, 0.05) is 28.9 Å². The fraction of sp³-hybridized carbons (Fsp3) is 0.312. The predicted molar refractivity (Wildman–Crippen MR) is 102 cm³/mol. The van der Waals surface area contributed by atoms with E-state index in [4.69, 9.17) is 0 Å². The number of rotatable bonds is 4. The first-order valence-corrected chi connectivity index (χ1v) is 10.0. The number of anilines is 1. The summed E-state index contributed by atoms with van der Waals surface area (Å²) in [5.74, 6) is 0.0810. The van der Waals surface area contributed by atoms with Gasteiger partial charge in [-0.05, 0) is 24.3 Å². The Morgan fingerprint density at radius 2 is 2.17 bits per heavy atom. The van der Waals surface area contributed by atoms with Crippen LogP contribution in [-0.4, -0.2) is 26.5 Å². The molecule has 0 radical (unpaired) electrons. The van der Waals surface area contributed by atoms with E-state index in [9.17, 15) is 9.59 Å². The summed E-state index contributed by atoms with van der Waals surface area (Å²) < 4.78 is 2.49. The minimum absolute atomic E-state index is 0.0230. The first-order valence-electron chi connectivity index (χ1n) is 7.39. The number of aromatic nitrogens is 2. The molecule has 0 fully saturated rings. The van der Waals surface area contributed by atoms with Crippen molar-refractivity contribution >= 4 is 51.0 Å². The maximum absolute atomic E-state index is 12.4. The Balaban J connectivity index is 1.68. The molecule has 0 aliphatic carbocycles. The van der Waals surface area contributed by atoms with E-state index in [-0.39, 0.29) is 17.2 Å². The molecule has 24 heavy (non-hydrogen) atoms. The molecule has 1 aromatic heterocycles. The fourth-order valence-corrected chi connectivity index (χ4v) is 4.56. The van der Waals surface area contributed by atoms with Gasteiger partial charge in [0.25, 0.3) is 5.56 Å². The molecule has 0 spiro atoms. The van der Waals surface area contributed by atoms with E-state index in [1.807, 2.05) is 24.3 Å². The van der Waals surface area contributed by atoms with Crippen LogP contribution in [0.3, 0.4) is 0 Å². The molecule has 1 aliphatic heterocycles. The lowest BCUT2D eigenvalue weighted by Crippen LogP contribution is -2.23. The molecule has 0 saturated carbocycles. The van der Waals surface area contributed by atoms with Gasteiger partial charge < -0.3 is 5.32 Å². The van der Waals surface area contributed by atoms with Gasteiger partial charge in [-0.3, -0.25) is 14.2 Å². The topological polar surface area (TPSA) is 64.0 Å². The first-order chi connectivity index (χ1) is 11.4. The lowest BCUT2D eigenvalue weighted by Gasteiger charge is -2.09. The number of thioether (sulfide) groups is 2. The summed E-state index contributed by atoms with van der Waals surface area (Å²) in [6.07, 6.45) is 0.800. The Kier molecular flexibility index (Phi) is 5.36. The van der Waals surface area contributed by atoms with Gasteiger partial charge in [0.1, 0.15) is 0 Å². The summed E-state index contributed by atoms with van der Waals surface area (Å²) in [6.45, 7) is 2.09. The number of nitrogens with zero attached hydrogens (tertiary/aromatic N) is 2. The number of carbonyl (C=O) groups excluding carboxylic acids is 1. The van der Waals surface area contributed by atoms with E-state index in [1.54, 1.807) is 18.8 Å². The number of fused-ring (bicyclic) bond motifs is 1. The van der Waals surface area contributed by atoms with E-state index in [0.717, 1.165) is 27.2 Å². The van der Waals surface area contributed by atoms with Crippen molar-refractivity contribution in [2.75, 3.05) is 11.1 Å². The van der Waals surface area contributed by atoms with Gasteiger partial charge >= 0.3 is 0 Å². The summed E-state index contributed by atoms with van der Waals surface area (Å²) in [7, 11) is 1.70. The molecule has 8 heteroatoms. The SMILES string of the molecule is C[C@@H]1Cc2nc(SCC(=O)Nc3ccc(Br)cc3)n(C)c(=O)c2S1. The van der Waals surface area contributed by atoms with Crippen LogP contribution in [0.4, 0.5) is 5.69 Å². The van der Waals surface area contributed by atoms with Gasteiger partial charge in [0.2, 0.25) is 5.91 Å². The zero-order chi connectivity index (χ0) is 17.3. The van der Waals surface area contributed by atoms with Crippen LogP contribution >= 0.6 is 39.5 Å². The molecule has 1 N–H and O–H groups in total. The van der Waals surface area contributed by atoms with Crippen LogP contribution in [0.15, 0.2) is 43.6 Å². The second kappa shape index (κ2) is 7.33. The van der Waals surface area contributed by atoms with Crippen molar-refractivity contribution < 1.29 is 4.79 Å². The Morgan fingerprint density at radius 3 is 2.88 bits per heavy atom. The smallest absolute Gasteiger partial charge is 0.267 e. The normalized spacial score (nSPS) is 16.0. The Labute approximate surface area is 156 Å². The standard InChI is InChI=1S/C16H16BrN3O2S2/c1-9-7-12-14(24-9)15(22)20(2)16(19-12)23-8-13(21)18-11-5-3-10(17)4-6-11/h3-6,9H,7-8H2,1-2H3,(H,18,21)/t9-/m1/s1. The lowest BCUT2D eigenvalue weighted by atomic mass is 10.2. The number of halogens is 1. The second-order valence-corrected chi connectivity index (χ2v) is 8.82. The highest BCUT2D eigenvalue weighted by Crippen LogP contribution is 2.33. The summed E-state index contributed by atoms with van der Waals surface area (Å²) >= 11 is 6.22. The largest absolute Gasteiger partial charge is 0.325 e. The van der Waals surface area contributed by atoms with Crippen LogP contribution < -0.4 is 10.9 Å². The zero-order valence-corrected chi connectivity index (χ0v) is 16.4. The van der Waals surface area contributed by atoms with Gasteiger partial charge in [-0.25, -0.2) is 4.98 Å². The van der Waals surface area contributed by atoms with Crippen molar-refractivity contribution in [1.29, 1.82) is 0 Å². The summed E-state index contributed by atoms with van der Waals surface area (Å²) in [5, 5.41) is 3.79. The number of amides is 1. The van der Waals surface area contributed by atoms with Crippen LogP contribution in [0.5, 0.6) is 0 Å². The van der Waals surface area contributed by atoms with Crippen LogP contribution in [0.1, 0.15) is 12.6 Å². The predicted octanol–water partition coefficient (Wildman–Crippen LogP) is 3.31. The minimum Gasteiger partial charge on any atom is -0.325 e. The molecule has 1 amide bonds. The first kappa shape index (κ1) is 17.6. The molecule has 0 bridgehead atoms. The van der Waals surface area contributed by atoms with E-state index in [2.05, 4.69) is 33.2 Å². The zero-order valence-electron chi connectivity index (χ0n) is 13.2. The third kappa shape index (κ3) is 3.87. The number of hydrogen-bond acceptors (Lipinski definition) is 5. The summed E-state index contributed by atoms with van der Waals surface area (Å²) in [5.41, 5.74) is 1.57. The maximum Gasteiger partial charge on any atom is 0.267 e. The van der Waals surface area contributed by atoms with Crippen molar-refractivity contribution in [1.82, 2.24) is 9.55 Å². The fourth-order valence-electron chi connectivity index (χ4n) is 2.37. The Bertz CT molecular complexity index is 836. The molecular weight excluding hydrogens is 410 g/mol. The average molecular weight is 426 g/mol. The number of hydrogen-bond donors (Lipinski definition) is 1. The molecule has 0 saturated heterocycles. The molecule has 1 atom stereocenters. The summed E-state index contributed by atoms with van der Waals surface area (Å²) in [6, 6.07) is 7.39. The van der Waals surface area contributed by atoms with Crippen LogP contribution in [0.25, 0.3) is 0 Å². The van der Waals surface area contributed by atoms with E-state index in [1.165, 1.54) is 16.3 Å². The van der Waals surface area contributed by atoms with Gasteiger partial charge in [0.05, 0.1) is 16.3 Å². The van der Waals surface area contributed by atoms with Crippen molar-refractivity contribution in [3.05, 3.63) is 44.8 Å². The molecule has 2 heterocycles. The van der Waals surface area contributed by atoms with Crippen molar-refractivity contribution in [3.8, 4) is 0 Å². The van der Waals surface area contributed by atoms with Gasteiger partial charge in [-0.2, -0.15) is 0 Å². The third-order valence-corrected chi connectivity index (χ3v) is 6.31. The van der Waals surface area contributed by atoms with Crippen molar-refractivity contribution in [2.24, 2.45) is 7.05 Å². The highest BCUT2D eigenvalue weighted by atomic mass is 79.9. The summed E-state index contributed by atoms with van der Waals surface area (Å²) in [4.78, 5) is 29.8. The molecule has 2 aromatic rings. The van der Waals surface area contributed by atoms with Crippen LogP contribution in [0.2, 0.25) is 0 Å². The molecule has 1 aliphatic rings. The van der Waals surface area contributed by atoms with Crippen molar-refractivity contribution in [2.45, 2.75) is 28.6 Å². The monoisotopic (exact) mass is 425 g/mol. The van der Waals surface area contributed by atoms with E-state index < -0.39 is 0 Å². The quantitative estimate of drug-likeness (QED) is 0.601. The van der Waals surface area contributed by atoms with Gasteiger partial charge in [-0.15, -0.1) is 11.8 Å². The maximum atomic E-state index is 12.4. The molecule has 1 aromatic carbocycles. The number of carbonyl (C=O) groups is 1. The molecular formula is C16H16BrN3O2S2. The molecule has 3 rings (SSSR count). The molecule has 0 unspecified atom stereocenters. The van der Waals surface area contributed by atoms with Gasteiger partial charge in [0.15, 0.2) is 5.16 Å². The van der Waals surface area contributed by atoms with Crippen LogP contribution in [0, 0.1) is 0 Å². The Hall–Kier alpha value is -1.25. The second-order valence-electron chi connectivity index (χ2n) is 5.51. The van der Waals surface area contributed by atoms with Crippen molar-refractivity contribution in [3.63, 3.8) is 0 Å². The Morgan fingerprint density at radius 1 is 1.46 bits per heavy atom. The van der Waals surface area contributed by atoms with E-state index in [0.29, 0.717) is 10.4 Å². The highest BCUT2D eigenvalue weighted by molar-refractivity contribution is 9.10. The van der Waals surface area contributed by atoms with E-state index >= 15 is 0 Å². The molecule has 5 nitrogen and oxygen atoms in total. The third-order valence-electron chi connectivity index (χ3n) is 3.54. The highest BCUT2D eigenvalue weighted by Gasteiger charge is 2.25. The van der Waals surface area contributed by atoms with Gasteiger partial charge in [-0.1, -0.05) is 34.6 Å². The van der Waals surface area contributed by atoms with Crippen LogP contribution in [-0.2, 0) is 18.3 Å². The minimum atomic E-state index is -0.125. The lowest BCUT2D eigenvalue weighted by molar-refractivity contribution is -0.113. The molecule has 126 valence electrons.